The minimum atomic E-state index is -0.489. The number of nitrogens with zero attached hydrogens (tertiary/aromatic N) is 1. The van der Waals surface area contributed by atoms with Gasteiger partial charge in [0, 0.05) is 30.8 Å². The summed E-state index contributed by atoms with van der Waals surface area (Å²) in [5.74, 6) is -0.379. The van der Waals surface area contributed by atoms with Crippen LogP contribution < -0.4 is 16.4 Å². The number of hydrogen-bond acceptors (Lipinski definition) is 4. The molecule has 0 radical (unpaired) electrons. The SMILES string of the molecule is N[C@@H](CC(=O)NCc1cccc(C(=O)Nc2ccccn2)c1)Cc1ccccc1F. The number of halogens is 1. The molecule has 2 aromatic carbocycles. The second-order valence-corrected chi connectivity index (χ2v) is 6.91. The maximum Gasteiger partial charge on any atom is 0.256 e. The monoisotopic (exact) mass is 406 g/mol. The Morgan fingerprint density at radius 3 is 2.60 bits per heavy atom. The van der Waals surface area contributed by atoms with E-state index in [0.717, 1.165) is 5.56 Å². The molecular formula is C23H23FN4O2. The Labute approximate surface area is 174 Å². The third-order valence-electron chi connectivity index (χ3n) is 4.47. The first-order valence-corrected chi connectivity index (χ1v) is 9.58. The highest BCUT2D eigenvalue weighted by molar-refractivity contribution is 6.03. The van der Waals surface area contributed by atoms with Crippen LogP contribution in [0.3, 0.4) is 0 Å². The van der Waals surface area contributed by atoms with Crippen LogP contribution in [0.4, 0.5) is 10.2 Å². The van der Waals surface area contributed by atoms with E-state index in [2.05, 4.69) is 15.6 Å². The van der Waals surface area contributed by atoms with Crippen LogP contribution in [-0.4, -0.2) is 22.8 Å². The molecule has 0 aliphatic heterocycles. The molecule has 1 aromatic heterocycles. The van der Waals surface area contributed by atoms with Gasteiger partial charge in [-0.15, -0.1) is 0 Å². The average molecular weight is 406 g/mol. The molecule has 154 valence electrons. The quantitative estimate of drug-likeness (QED) is 0.536. The number of benzene rings is 2. The van der Waals surface area contributed by atoms with Crippen molar-refractivity contribution in [2.45, 2.75) is 25.4 Å². The number of carbonyl (C=O) groups excluding carboxylic acids is 2. The number of hydrogen-bond donors (Lipinski definition) is 3. The molecule has 30 heavy (non-hydrogen) atoms. The summed E-state index contributed by atoms with van der Waals surface area (Å²) in [5.41, 5.74) is 7.72. The van der Waals surface area contributed by atoms with Gasteiger partial charge in [0.05, 0.1) is 0 Å². The fourth-order valence-corrected chi connectivity index (χ4v) is 2.98. The van der Waals surface area contributed by atoms with E-state index in [1.54, 1.807) is 60.8 Å². The van der Waals surface area contributed by atoms with E-state index in [1.165, 1.54) is 6.07 Å². The van der Waals surface area contributed by atoms with Crippen molar-refractivity contribution in [1.82, 2.24) is 10.3 Å². The predicted octanol–water partition coefficient (Wildman–Crippen LogP) is 3.05. The minimum Gasteiger partial charge on any atom is -0.352 e. The maximum absolute atomic E-state index is 13.7. The van der Waals surface area contributed by atoms with Gasteiger partial charge in [0.2, 0.25) is 5.91 Å². The largest absolute Gasteiger partial charge is 0.352 e. The van der Waals surface area contributed by atoms with Crippen LogP contribution in [0, 0.1) is 5.82 Å². The smallest absolute Gasteiger partial charge is 0.256 e. The van der Waals surface area contributed by atoms with Gasteiger partial charge in [-0.05, 0) is 47.9 Å². The number of aromatic nitrogens is 1. The lowest BCUT2D eigenvalue weighted by Crippen LogP contribution is -2.33. The van der Waals surface area contributed by atoms with E-state index in [0.29, 0.717) is 16.9 Å². The van der Waals surface area contributed by atoms with Gasteiger partial charge >= 0.3 is 0 Å². The van der Waals surface area contributed by atoms with E-state index in [-0.39, 0.29) is 37.0 Å². The summed E-state index contributed by atoms with van der Waals surface area (Å²) in [6.07, 6.45) is 1.95. The summed E-state index contributed by atoms with van der Waals surface area (Å²) >= 11 is 0. The zero-order valence-electron chi connectivity index (χ0n) is 16.3. The van der Waals surface area contributed by atoms with Crippen molar-refractivity contribution in [2.24, 2.45) is 5.73 Å². The van der Waals surface area contributed by atoms with Crippen molar-refractivity contribution in [3.05, 3.63) is 95.4 Å². The van der Waals surface area contributed by atoms with Crippen LogP contribution in [0.15, 0.2) is 72.9 Å². The Morgan fingerprint density at radius 1 is 1.03 bits per heavy atom. The summed E-state index contributed by atoms with van der Waals surface area (Å²) in [6.45, 7) is 0.260. The van der Waals surface area contributed by atoms with Gasteiger partial charge in [-0.1, -0.05) is 36.4 Å². The predicted molar refractivity (Wildman–Crippen MR) is 113 cm³/mol. The lowest BCUT2D eigenvalue weighted by Gasteiger charge is -2.13. The molecule has 0 spiro atoms. The molecule has 3 aromatic rings. The van der Waals surface area contributed by atoms with Gasteiger partial charge in [-0.2, -0.15) is 0 Å². The molecule has 0 saturated heterocycles. The molecule has 0 aliphatic rings. The van der Waals surface area contributed by atoms with Crippen molar-refractivity contribution >= 4 is 17.6 Å². The number of rotatable bonds is 8. The maximum atomic E-state index is 13.7. The van der Waals surface area contributed by atoms with Gasteiger partial charge < -0.3 is 16.4 Å². The molecule has 6 nitrogen and oxygen atoms in total. The zero-order chi connectivity index (χ0) is 21.3. The van der Waals surface area contributed by atoms with E-state index in [4.69, 9.17) is 5.73 Å². The number of carbonyl (C=O) groups is 2. The van der Waals surface area contributed by atoms with Crippen LogP contribution >= 0.6 is 0 Å². The number of pyridine rings is 1. The molecule has 0 aliphatic carbocycles. The molecule has 3 rings (SSSR count). The first kappa shape index (κ1) is 21.1. The summed E-state index contributed by atoms with van der Waals surface area (Å²) in [7, 11) is 0. The number of nitrogens with two attached hydrogens (primary N) is 1. The van der Waals surface area contributed by atoms with E-state index in [1.807, 2.05) is 6.07 Å². The lowest BCUT2D eigenvalue weighted by molar-refractivity contribution is -0.121. The molecule has 4 N–H and O–H groups in total. The molecule has 0 fully saturated rings. The lowest BCUT2D eigenvalue weighted by atomic mass is 10.0. The van der Waals surface area contributed by atoms with Crippen LogP contribution in [0.25, 0.3) is 0 Å². The zero-order valence-corrected chi connectivity index (χ0v) is 16.3. The van der Waals surface area contributed by atoms with Crippen molar-refractivity contribution in [2.75, 3.05) is 5.32 Å². The first-order chi connectivity index (χ1) is 14.5. The standard InChI is InChI=1S/C23H23FN4O2/c24-20-9-2-1-7-17(20)13-19(25)14-22(29)27-15-16-6-5-8-18(12-16)23(30)28-21-10-3-4-11-26-21/h1-12,19H,13-15,25H2,(H,27,29)(H,26,28,30)/t19-/m1/s1. The highest BCUT2D eigenvalue weighted by Crippen LogP contribution is 2.11. The molecule has 7 heteroatoms. The summed E-state index contributed by atoms with van der Waals surface area (Å²) in [6, 6.07) is 18.1. The molecule has 0 bridgehead atoms. The van der Waals surface area contributed by atoms with E-state index in [9.17, 15) is 14.0 Å². The molecular weight excluding hydrogens is 383 g/mol. The normalized spacial score (nSPS) is 11.5. The Kier molecular flexibility index (Phi) is 7.24. The Balaban J connectivity index is 1.50. The minimum absolute atomic E-state index is 0.0776. The Bertz CT molecular complexity index is 1010. The van der Waals surface area contributed by atoms with Crippen LogP contribution in [-0.2, 0) is 17.8 Å². The van der Waals surface area contributed by atoms with Gasteiger partial charge in [-0.25, -0.2) is 9.37 Å². The third-order valence-corrected chi connectivity index (χ3v) is 4.47. The van der Waals surface area contributed by atoms with Gasteiger partial charge in [-0.3, -0.25) is 9.59 Å². The topological polar surface area (TPSA) is 97.1 Å². The second kappa shape index (κ2) is 10.3. The van der Waals surface area contributed by atoms with Crippen molar-refractivity contribution in [3.8, 4) is 0 Å². The molecule has 1 heterocycles. The van der Waals surface area contributed by atoms with Gasteiger partial charge in [0.25, 0.3) is 5.91 Å². The van der Waals surface area contributed by atoms with Crippen LogP contribution in [0.5, 0.6) is 0 Å². The molecule has 2 amide bonds. The Hall–Kier alpha value is -3.58. The van der Waals surface area contributed by atoms with Crippen molar-refractivity contribution < 1.29 is 14.0 Å². The number of amides is 2. The highest BCUT2D eigenvalue weighted by atomic mass is 19.1. The van der Waals surface area contributed by atoms with E-state index >= 15 is 0 Å². The fourth-order valence-electron chi connectivity index (χ4n) is 2.98. The summed E-state index contributed by atoms with van der Waals surface area (Å²) < 4.78 is 13.7. The van der Waals surface area contributed by atoms with Crippen LogP contribution in [0.1, 0.15) is 27.9 Å². The van der Waals surface area contributed by atoms with Gasteiger partial charge in [0.1, 0.15) is 11.6 Å². The summed E-state index contributed by atoms with van der Waals surface area (Å²) in [4.78, 5) is 28.6. The highest BCUT2D eigenvalue weighted by Gasteiger charge is 2.13. The molecule has 0 saturated carbocycles. The van der Waals surface area contributed by atoms with E-state index < -0.39 is 6.04 Å². The van der Waals surface area contributed by atoms with Crippen LogP contribution in [0.2, 0.25) is 0 Å². The third kappa shape index (κ3) is 6.22. The number of nitrogens with one attached hydrogen (secondary N) is 2. The van der Waals surface area contributed by atoms with Gasteiger partial charge in [0.15, 0.2) is 0 Å². The first-order valence-electron chi connectivity index (χ1n) is 9.58. The number of anilines is 1. The molecule has 0 unspecified atom stereocenters. The van der Waals surface area contributed by atoms with Crippen molar-refractivity contribution in [3.63, 3.8) is 0 Å². The average Bonchev–Trinajstić information content (AvgIpc) is 2.75. The second-order valence-electron chi connectivity index (χ2n) is 6.91. The Morgan fingerprint density at radius 2 is 1.83 bits per heavy atom. The summed E-state index contributed by atoms with van der Waals surface area (Å²) in [5, 5.41) is 5.51. The van der Waals surface area contributed by atoms with Crippen molar-refractivity contribution in [1.29, 1.82) is 0 Å². The fraction of sp³-hybridized carbons (Fsp3) is 0.174. The molecule has 1 atom stereocenters.